The van der Waals surface area contributed by atoms with Crippen LogP contribution < -0.4 is 10.6 Å². The van der Waals surface area contributed by atoms with E-state index in [2.05, 4.69) is 45.2 Å². The van der Waals surface area contributed by atoms with Crippen molar-refractivity contribution < 1.29 is 0 Å². The van der Waals surface area contributed by atoms with Crippen LogP contribution in [0.25, 0.3) is 0 Å². The van der Waals surface area contributed by atoms with Gasteiger partial charge >= 0.3 is 0 Å². The predicted octanol–water partition coefficient (Wildman–Crippen LogP) is 2.36. The maximum absolute atomic E-state index is 4.58. The standard InChI is InChI=1S/C14H21N5S.HI/c1-2-15-14(16-8-6-13-5-3-12-20-13)17-9-11-19-10-4-7-18-19;/h3-5,7,10,12H,2,6,8-9,11H2,1H3,(H2,15,16,17);1H. The Morgan fingerprint density at radius 1 is 1.38 bits per heavy atom. The lowest BCUT2D eigenvalue weighted by Crippen LogP contribution is -2.39. The van der Waals surface area contributed by atoms with Crippen molar-refractivity contribution in [3.8, 4) is 0 Å². The monoisotopic (exact) mass is 419 g/mol. The molecular weight excluding hydrogens is 397 g/mol. The van der Waals surface area contributed by atoms with Gasteiger partial charge in [0, 0.05) is 43.3 Å². The first-order chi connectivity index (χ1) is 9.88. The minimum Gasteiger partial charge on any atom is -0.357 e. The Kier molecular flexibility index (Phi) is 9.07. The lowest BCUT2D eigenvalue weighted by Gasteiger charge is -2.11. The van der Waals surface area contributed by atoms with E-state index in [9.17, 15) is 0 Å². The minimum atomic E-state index is 0. The summed E-state index contributed by atoms with van der Waals surface area (Å²) in [6.07, 6.45) is 4.75. The Morgan fingerprint density at radius 2 is 2.29 bits per heavy atom. The molecule has 5 nitrogen and oxygen atoms in total. The van der Waals surface area contributed by atoms with E-state index in [1.54, 1.807) is 17.5 Å². The smallest absolute Gasteiger partial charge is 0.191 e. The predicted molar refractivity (Wildman–Crippen MR) is 99.6 cm³/mol. The second-order valence-corrected chi connectivity index (χ2v) is 5.32. The fourth-order valence-electron chi connectivity index (χ4n) is 1.80. The molecule has 0 atom stereocenters. The van der Waals surface area contributed by atoms with Gasteiger partial charge in [-0.15, -0.1) is 35.3 Å². The lowest BCUT2D eigenvalue weighted by atomic mass is 10.3. The van der Waals surface area contributed by atoms with Gasteiger partial charge in [-0.2, -0.15) is 5.10 Å². The van der Waals surface area contributed by atoms with E-state index in [1.807, 2.05) is 16.9 Å². The van der Waals surface area contributed by atoms with E-state index in [-0.39, 0.29) is 24.0 Å². The SMILES string of the molecule is CCNC(=NCCc1cccs1)NCCn1cccn1.I. The first-order valence-electron chi connectivity index (χ1n) is 6.90. The zero-order valence-corrected chi connectivity index (χ0v) is 15.3. The Labute approximate surface area is 146 Å². The molecule has 0 aliphatic carbocycles. The van der Waals surface area contributed by atoms with Crippen LogP contribution in [0.1, 0.15) is 11.8 Å². The molecule has 21 heavy (non-hydrogen) atoms. The van der Waals surface area contributed by atoms with Gasteiger partial charge in [0.15, 0.2) is 5.96 Å². The molecule has 0 saturated carbocycles. The zero-order chi connectivity index (χ0) is 14.0. The third kappa shape index (κ3) is 6.94. The second kappa shape index (κ2) is 10.6. The summed E-state index contributed by atoms with van der Waals surface area (Å²) in [5.41, 5.74) is 0. The summed E-state index contributed by atoms with van der Waals surface area (Å²) >= 11 is 1.78. The molecular formula is C14H22IN5S. The minimum absolute atomic E-state index is 0. The summed E-state index contributed by atoms with van der Waals surface area (Å²) in [7, 11) is 0. The summed E-state index contributed by atoms with van der Waals surface area (Å²) in [4.78, 5) is 5.95. The molecule has 0 aromatic carbocycles. The number of nitrogens with one attached hydrogen (secondary N) is 2. The molecule has 7 heteroatoms. The molecule has 0 aliphatic rings. The third-order valence-electron chi connectivity index (χ3n) is 2.74. The molecule has 0 amide bonds. The largest absolute Gasteiger partial charge is 0.357 e. The number of hydrogen-bond donors (Lipinski definition) is 2. The Bertz CT molecular complexity index is 495. The summed E-state index contributed by atoms with van der Waals surface area (Å²) in [6.45, 7) is 5.39. The highest BCUT2D eigenvalue weighted by molar-refractivity contribution is 14.0. The van der Waals surface area contributed by atoms with Gasteiger partial charge in [0.05, 0.1) is 6.54 Å². The van der Waals surface area contributed by atoms with Gasteiger partial charge in [-0.3, -0.25) is 9.67 Å². The van der Waals surface area contributed by atoms with Gasteiger partial charge in [0.25, 0.3) is 0 Å². The van der Waals surface area contributed by atoms with Crippen LogP contribution in [0.15, 0.2) is 41.0 Å². The van der Waals surface area contributed by atoms with Crippen molar-refractivity contribution in [3.05, 3.63) is 40.8 Å². The van der Waals surface area contributed by atoms with Gasteiger partial charge in [0.2, 0.25) is 0 Å². The average molecular weight is 419 g/mol. The fraction of sp³-hybridized carbons (Fsp3) is 0.429. The molecule has 0 spiro atoms. The molecule has 0 radical (unpaired) electrons. The van der Waals surface area contributed by atoms with Crippen LogP contribution in [-0.4, -0.2) is 35.4 Å². The third-order valence-corrected chi connectivity index (χ3v) is 3.68. The first kappa shape index (κ1) is 18.0. The molecule has 116 valence electrons. The van der Waals surface area contributed by atoms with E-state index in [1.165, 1.54) is 4.88 Å². The molecule has 2 N–H and O–H groups in total. The van der Waals surface area contributed by atoms with Crippen LogP contribution in [-0.2, 0) is 13.0 Å². The Hall–Kier alpha value is -1.09. The highest BCUT2D eigenvalue weighted by Crippen LogP contribution is 2.08. The highest BCUT2D eigenvalue weighted by atomic mass is 127. The molecule has 0 aliphatic heterocycles. The molecule has 0 saturated heterocycles. The summed E-state index contributed by atoms with van der Waals surface area (Å²) < 4.78 is 1.90. The molecule has 0 fully saturated rings. The molecule has 0 unspecified atom stereocenters. The van der Waals surface area contributed by atoms with Gasteiger partial charge in [0.1, 0.15) is 0 Å². The maximum Gasteiger partial charge on any atom is 0.191 e. The van der Waals surface area contributed by atoms with Crippen LogP contribution in [0.2, 0.25) is 0 Å². The second-order valence-electron chi connectivity index (χ2n) is 4.29. The van der Waals surface area contributed by atoms with Crippen LogP contribution in [0.5, 0.6) is 0 Å². The number of hydrogen-bond acceptors (Lipinski definition) is 3. The number of aromatic nitrogens is 2. The summed E-state index contributed by atoms with van der Waals surface area (Å²) in [6, 6.07) is 6.16. The topological polar surface area (TPSA) is 54.2 Å². The molecule has 2 aromatic rings. The maximum atomic E-state index is 4.58. The molecule has 2 heterocycles. The number of guanidine groups is 1. The van der Waals surface area contributed by atoms with Crippen molar-refractivity contribution >= 4 is 41.3 Å². The molecule has 2 aromatic heterocycles. The number of aliphatic imine (C=N–C) groups is 1. The van der Waals surface area contributed by atoms with E-state index in [0.29, 0.717) is 0 Å². The Balaban J connectivity index is 0.00000220. The van der Waals surface area contributed by atoms with Gasteiger partial charge in [-0.25, -0.2) is 0 Å². The average Bonchev–Trinajstić information content (AvgIpc) is 3.11. The van der Waals surface area contributed by atoms with Crippen molar-refractivity contribution in [3.63, 3.8) is 0 Å². The quantitative estimate of drug-likeness (QED) is 0.412. The summed E-state index contributed by atoms with van der Waals surface area (Å²) in [5.74, 6) is 0.871. The zero-order valence-electron chi connectivity index (χ0n) is 12.2. The van der Waals surface area contributed by atoms with E-state index in [0.717, 1.165) is 38.6 Å². The van der Waals surface area contributed by atoms with Crippen molar-refractivity contribution in [2.24, 2.45) is 4.99 Å². The summed E-state index contributed by atoms with van der Waals surface area (Å²) in [5, 5.41) is 12.9. The van der Waals surface area contributed by atoms with Crippen molar-refractivity contribution in [2.75, 3.05) is 19.6 Å². The van der Waals surface area contributed by atoms with Gasteiger partial charge < -0.3 is 10.6 Å². The van der Waals surface area contributed by atoms with Gasteiger partial charge in [-0.1, -0.05) is 6.07 Å². The Morgan fingerprint density at radius 3 is 2.95 bits per heavy atom. The van der Waals surface area contributed by atoms with Crippen molar-refractivity contribution in [2.45, 2.75) is 19.9 Å². The van der Waals surface area contributed by atoms with Crippen molar-refractivity contribution in [1.29, 1.82) is 0 Å². The van der Waals surface area contributed by atoms with Crippen LogP contribution >= 0.6 is 35.3 Å². The van der Waals surface area contributed by atoms with E-state index < -0.39 is 0 Å². The lowest BCUT2D eigenvalue weighted by molar-refractivity contribution is 0.598. The highest BCUT2D eigenvalue weighted by Gasteiger charge is 1.98. The van der Waals surface area contributed by atoms with Crippen LogP contribution in [0.4, 0.5) is 0 Å². The van der Waals surface area contributed by atoms with Gasteiger partial charge in [-0.05, 0) is 24.4 Å². The van der Waals surface area contributed by atoms with Crippen LogP contribution in [0.3, 0.4) is 0 Å². The number of rotatable bonds is 7. The normalized spacial score (nSPS) is 11.0. The fourth-order valence-corrected chi connectivity index (χ4v) is 2.49. The van der Waals surface area contributed by atoms with E-state index >= 15 is 0 Å². The number of halogens is 1. The number of thiophene rings is 1. The van der Waals surface area contributed by atoms with E-state index in [4.69, 9.17) is 0 Å². The molecule has 0 bridgehead atoms. The van der Waals surface area contributed by atoms with Crippen LogP contribution in [0, 0.1) is 0 Å². The first-order valence-corrected chi connectivity index (χ1v) is 7.78. The van der Waals surface area contributed by atoms with Crippen molar-refractivity contribution in [1.82, 2.24) is 20.4 Å². The number of nitrogens with zero attached hydrogens (tertiary/aromatic N) is 3. The molecule has 2 rings (SSSR count).